The second-order valence-electron chi connectivity index (χ2n) is 7.42. The monoisotopic (exact) mass is 352 g/mol. The van der Waals surface area contributed by atoms with Crippen molar-refractivity contribution in [2.45, 2.75) is 46.6 Å². The van der Waals surface area contributed by atoms with Crippen LogP contribution in [0, 0.1) is 19.8 Å². The summed E-state index contributed by atoms with van der Waals surface area (Å²) < 4.78 is 0. The molecule has 5 heteroatoms. The maximum atomic E-state index is 11.2. The number of aromatic nitrogens is 2. The lowest BCUT2D eigenvalue weighted by atomic mass is 9.91. The van der Waals surface area contributed by atoms with Crippen LogP contribution in [0.4, 0.5) is 5.69 Å². The zero-order chi connectivity index (χ0) is 18.5. The third-order valence-corrected chi connectivity index (χ3v) is 4.79. The summed E-state index contributed by atoms with van der Waals surface area (Å²) in [5.74, 6) is 0.617. The van der Waals surface area contributed by atoms with E-state index in [1.807, 2.05) is 12.1 Å². The number of likely N-dealkylation sites (tertiary alicyclic amines) is 1. The maximum Gasteiger partial charge on any atom is 0.221 e. The standard InChI is InChI=1S/C21H28N4O/c1-15-9-19(10-16(2)23-15)11-18-5-4-8-25(13-18)14-21-12-20(6-7-22-21)24-17(3)26/h6-7,9-10,12,18H,4-5,8,11,13-14H2,1-3H3,(H,22,24,26)/t18-/m1/s1. The molecule has 0 aliphatic carbocycles. The van der Waals surface area contributed by atoms with Crippen molar-refractivity contribution in [1.29, 1.82) is 0 Å². The SMILES string of the molecule is CC(=O)Nc1ccnc(CN2CCC[C@H](Cc3cc(C)nc(C)c3)C2)c1. The zero-order valence-corrected chi connectivity index (χ0v) is 16.0. The van der Waals surface area contributed by atoms with E-state index in [1.165, 1.54) is 25.3 Å². The molecule has 1 aliphatic rings. The van der Waals surface area contributed by atoms with Crippen molar-refractivity contribution in [3.63, 3.8) is 0 Å². The van der Waals surface area contributed by atoms with Gasteiger partial charge in [0.2, 0.25) is 5.91 Å². The van der Waals surface area contributed by atoms with Crippen molar-refractivity contribution in [3.8, 4) is 0 Å². The fourth-order valence-electron chi connectivity index (χ4n) is 3.91. The lowest BCUT2D eigenvalue weighted by Gasteiger charge is -2.32. The van der Waals surface area contributed by atoms with Crippen molar-refractivity contribution in [2.24, 2.45) is 5.92 Å². The normalized spacial score (nSPS) is 17.9. The van der Waals surface area contributed by atoms with Crippen LogP contribution in [0.3, 0.4) is 0 Å². The molecule has 26 heavy (non-hydrogen) atoms. The summed E-state index contributed by atoms with van der Waals surface area (Å²) in [6.07, 6.45) is 5.37. The molecule has 0 bridgehead atoms. The van der Waals surface area contributed by atoms with Crippen LogP contribution < -0.4 is 5.32 Å². The zero-order valence-electron chi connectivity index (χ0n) is 16.0. The Balaban J connectivity index is 1.60. The minimum absolute atomic E-state index is 0.0527. The first-order valence-corrected chi connectivity index (χ1v) is 9.37. The van der Waals surface area contributed by atoms with Crippen LogP contribution in [0.1, 0.15) is 42.4 Å². The number of amides is 1. The van der Waals surface area contributed by atoms with Gasteiger partial charge in [0.15, 0.2) is 0 Å². The molecule has 1 aliphatic heterocycles. The lowest BCUT2D eigenvalue weighted by molar-refractivity contribution is -0.114. The summed E-state index contributed by atoms with van der Waals surface area (Å²) in [7, 11) is 0. The van der Waals surface area contributed by atoms with Gasteiger partial charge in [-0.1, -0.05) is 0 Å². The Morgan fingerprint density at radius 3 is 2.77 bits per heavy atom. The van der Waals surface area contributed by atoms with E-state index in [1.54, 1.807) is 6.20 Å². The summed E-state index contributed by atoms with van der Waals surface area (Å²) in [5, 5.41) is 2.83. The Labute approximate surface area is 155 Å². The average molecular weight is 352 g/mol. The number of pyridine rings is 2. The van der Waals surface area contributed by atoms with E-state index < -0.39 is 0 Å². The molecule has 1 atom stereocenters. The molecule has 2 aromatic heterocycles. The first-order chi connectivity index (χ1) is 12.5. The highest BCUT2D eigenvalue weighted by molar-refractivity contribution is 5.88. The third kappa shape index (κ3) is 5.36. The number of hydrogen-bond donors (Lipinski definition) is 1. The largest absolute Gasteiger partial charge is 0.326 e. The fraction of sp³-hybridized carbons (Fsp3) is 0.476. The lowest BCUT2D eigenvalue weighted by Crippen LogP contribution is -2.36. The van der Waals surface area contributed by atoms with Gasteiger partial charge in [0.05, 0.1) is 5.69 Å². The molecular weight excluding hydrogens is 324 g/mol. The number of carbonyl (C=O) groups excluding carboxylic acids is 1. The minimum Gasteiger partial charge on any atom is -0.326 e. The number of anilines is 1. The van der Waals surface area contributed by atoms with Gasteiger partial charge in [-0.15, -0.1) is 0 Å². The van der Waals surface area contributed by atoms with E-state index in [-0.39, 0.29) is 5.91 Å². The van der Waals surface area contributed by atoms with Crippen molar-refractivity contribution in [1.82, 2.24) is 14.9 Å². The average Bonchev–Trinajstić information content (AvgIpc) is 2.54. The van der Waals surface area contributed by atoms with Crippen molar-refractivity contribution >= 4 is 11.6 Å². The van der Waals surface area contributed by atoms with Crippen LogP contribution in [0.25, 0.3) is 0 Å². The molecular formula is C21H28N4O. The van der Waals surface area contributed by atoms with E-state index in [0.717, 1.165) is 48.8 Å². The molecule has 3 rings (SSSR count). The summed E-state index contributed by atoms with van der Waals surface area (Å²) in [6.45, 7) is 8.69. The maximum absolute atomic E-state index is 11.2. The van der Waals surface area contributed by atoms with Crippen LogP contribution in [-0.4, -0.2) is 33.9 Å². The van der Waals surface area contributed by atoms with Crippen LogP contribution in [0.15, 0.2) is 30.5 Å². The first-order valence-electron chi connectivity index (χ1n) is 9.37. The van der Waals surface area contributed by atoms with Crippen molar-refractivity contribution in [2.75, 3.05) is 18.4 Å². The molecule has 1 saturated heterocycles. The van der Waals surface area contributed by atoms with Crippen molar-refractivity contribution in [3.05, 3.63) is 53.1 Å². The van der Waals surface area contributed by atoms with Gasteiger partial charge in [-0.25, -0.2) is 0 Å². The molecule has 5 nitrogen and oxygen atoms in total. The predicted molar refractivity (Wildman–Crippen MR) is 104 cm³/mol. The van der Waals surface area contributed by atoms with Gasteiger partial charge in [-0.2, -0.15) is 0 Å². The van der Waals surface area contributed by atoms with E-state index >= 15 is 0 Å². The van der Waals surface area contributed by atoms with Crippen LogP contribution in [-0.2, 0) is 17.8 Å². The highest BCUT2D eigenvalue weighted by Crippen LogP contribution is 2.23. The molecule has 1 fully saturated rings. The van der Waals surface area contributed by atoms with E-state index in [0.29, 0.717) is 5.92 Å². The highest BCUT2D eigenvalue weighted by atomic mass is 16.1. The summed E-state index contributed by atoms with van der Waals surface area (Å²) in [4.78, 5) is 22.7. The molecule has 0 unspecified atom stereocenters. The van der Waals surface area contributed by atoms with Gasteiger partial charge in [0.25, 0.3) is 0 Å². The van der Waals surface area contributed by atoms with Crippen LogP contribution >= 0.6 is 0 Å². The number of carbonyl (C=O) groups is 1. The Hall–Kier alpha value is -2.27. The molecule has 0 spiro atoms. The smallest absolute Gasteiger partial charge is 0.221 e. The molecule has 1 amide bonds. The summed E-state index contributed by atoms with van der Waals surface area (Å²) >= 11 is 0. The Kier molecular flexibility index (Phi) is 5.99. The molecule has 138 valence electrons. The molecule has 0 radical (unpaired) electrons. The molecule has 2 aromatic rings. The number of hydrogen-bond acceptors (Lipinski definition) is 4. The number of nitrogens with one attached hydrogen (secondary N) is 1. The van der Waals surface area contributed by atoms with Crippen LogP contribution in [0.2, 0.25) is 0 Å². The van der Waals surface area contributed by atoms with E-state index in [2.05, 4.69) is 46.2 Å². The van der Waals surface area contributed by atoms with Gasteiger partial charge >= 0.3 is 0 Å². The second-order valence-corrected chi connectivity index (χ2v) is 7.42. The molecule has 0 aromatic carbocycles. The van der Waals surface area contributed by atoms with Gasteiger partial charge in [0, 0.05) is 43.3 Å². The van der Waals surface area contributed by atoms with E-state index in [4.69, 9.17) is 0 Å². The third-order valence-electron chi connectivity index (χ3n) is 4.79. The Morgan fingerprint density at radius 2 is 2.04 bits per heavy atom. The highest BCUT2D eigenvalue weighted by Gasteiger charge is 2.21. The van der Waals surface area contributed by atoms with Crippen molar-refractivity contribution < 1.29 is 4.79 Å². The number of piperidine rings is 1. The minimum atomic E-state index is -0.0527. The topological polar surface area (TPSA) is 58.1 Å². The van der Waals surface area contributed by atoms with E-state index in [9.17, 15) is 4.79 Å². The van der Waals surface area contributed by atoms with Gasteiger partial charge in [0.1, 0.15) is 0 Å². The van der Waals surface area contributed by atoms with Gasteiger partial charge in [-0.3, -0.25) is 19.7 Å². The first kappa shape index (κ1) is 18.5. The van der Waals surface area contributed by atoms with Gasteiger partial charge in [-0.05, 0) is 75.4 Å². The molecule has 3 heterocycles. The molecule has 1 N–H and O–H groups in total. The predicted octanol–water partition coefficient (Wildman–Crippen LogP) is 3.51. The van der Waals surface area contributed by atoms with Gasteiger partial charge < -0.3 is 5.32 Å². The van der Waals surface area contributed by atoms with Crippen LogP contribution in [0.5, 0.6) is 0 Å². The number of nitrogens with zero attached hydrogens (tertiary/aromatic N) is 3. The Morgan fingerprint density at radius 1 is 1.27 bits per heavy atom. The number of rotatable bonds is 5. The summed E-state index contributed by atoms with van der Waals surface area (Å²) in [6, 6.07) is 8.23. The Bertz CT molecular complexity index is 754. The molecule has 0 saturated carbocycles. The summed E-state index contributed by atoms with van der Waals surface area (Å²) in [5.41, 5.74) is 5.43. The number of aryl methyl sites for hydroxylation is 2. The quantitative estimate of drug-likeness (QED) is 0.895. The fourth-order valence-corrected chi connectivity index (χ4v) is 3.91. The second kappa shape index (κ2) is 8.41.